The Balaban J connectivity index is 1.23. The van der Waals surface area contributed by atoms with Crippen molar-refractivity contribution in [1.29, 1.82) is 0 Å². The summed E-state index contributed by atoms with van der Waals surface area (Å²) in [6.07, 6.45) is 1.95. The number of thioether (sulfide) groups is 1. The SMILES string of the molecule is CC1(C)CN=C(N2CCN(CCCc3nnnn3-c3ccccc3)CC2)S1. The van der Waals surface area contributed by atoms with Gasteiger partial charge in [0.1, 0.15) is 0 Å². The average molecular weight is 386 g/mol. The second kappa shape index (κ2) is 7.98. The van der Waals surface area contributed by atoms with Crippen molar-refractivity contribution in [2.75, 3.05) is 39.3 Å². The Morgan fingerprint density at radius 2 is 1.85 bits per heavy atom. The lowest BCUT2D eigenvalue weighted by Crippen LogP contribution is -2.48. The fourth-order valence-electron chi connectivity index (χ4n) is 3.49. The van der Waals surface area contributed by atoms with Crippen molar-refractivity contribution in [3.63, 3.8) is 0 Å². The molecule has 1 saturated heterocycles. The molecule has 1 aromatic heterocycles. The number of benzene rings is 1. The van der Waals surface area contributed by atoms with Gasteiger partial charge >= 0.3 is 0 Å². The molecule has 4 rings (SSSR count). The molecule has 0 unspecified atom stereocenters. The largest absolute Gasteiger partial charge is 0.349 e. The lowest BCUT2D eigenvalue weighted by atomic mass is 10.2. The lowest BCUT2D eigenvalue weighted by Gasteiger charge is -2.36. The number of amidine groups is 1. The summed E-state index contributed by atoms with van der Waals surface area (Å²) in [4.78, 5) is 9.72. The van der Waals surface area contributed by atoms with Gasteiger partial charge in [0.15, 0.2) is 11.0 Å². The van der Waals surface area contributed by atoms with E-state index in [-0.39, 0.29) is 4.75 Å². The van der Waals surface area contributed by atoms with E-state index in [1.54, 1.807) is 0 Å². The van der Waals surface area contributed by atoms with Crippen molar-refractivity contribution < 1.29 is 0 Å². The number of hydrogen-bond acceptors (Lipinski definition) is 7. The molecule has 144 valence electrons. The number of aromatic nitrogens is 4. The third-order valence-electron chi connectivity index (χ3n) is 5.02. The van der Waals surface area contributed by atoms with Gasteiger partial charge in [-0.3, -0.25) is 9.89 Å². The van der Waals surface area contributed by atoms with Crippen molar-refractivity contribution in [3.05, 3.63) is 36.2 Å². The standard InChI is InChI=1S/C19H27N7S/c1-19(2)15-20-18(27-19)25-13-11-24(12-14-25)10-6-9-17-21-22-23-26(17)16-7-4-3-5-8-16/h3-5,7-8H,6,9-15H2,1-2H3. The van der Waals surface area contributed by atoms with Crippen LogP contribution in [0.5, 0.6) is 0 Å². The van der Waals surface area contributed by atoms with E-state index in [2.05, 4.69) is 39.2 Å². The molecular formula is C19H27N7S. The van der Waals surface area contributed by atoms with Gasteiger partial charge in [-0.15, -0.1) is 5.10 Å². The van der Waals surface area contributed by atoms with Crippen LogP contribution < -0.4 is 0 Å². The Morgan fingerprint density at radius 1 is 1.07 bits per heavy atom. The van der Waals surface area contributed by atoms with E-state index < -0.39 is 0 Å². The molecule has 1 aromatic carbocycles. The molecule has 8 heteroatoms. The molecule has 0 atom stereocenters. The molecule has 1 fully saturated rings. The summed E-state index contributed by atoms with van der Waals surface area (Å²) in [5, 5.41) is 13.4. The van der Waals surface area contributed by atoms with Gasteiger partial charge in [0, 0.05) is 37.3 Å². The minimum Gasteiger partial charge on any atom is -0.349 e. The molecular weight excluding hydrogens is 358 g/mol. The van der Waals surface area contributed by atoms with E-state index in [1.807, 2.05) is 46.8 Å². The number of tetrazole rings is 1. The quantitative estimate of drug-likeness (QED) is 0.785. The summed E-state index contributed by atoms with van der Waals surface area (Å²) >= 11 is 1.92. The van der Waals surface area contributed by atoms with Gasteiger partial charge in [-0.2, -0.15) is 4.68 Å². The fourth-order valence-corrected chi connectivity index (χ4v) is 4.55. The summed E-state index contributed by atoms with van der Waals surface area (Å²) in [6, 6.07) is 10.1. The highest BCUT2D eigenvalue weighted by atomic mass is 32.2. The first-order valence-corrected chi connectivity index (χ1v) is 10.5. The molecule has 0 radical (unpaired) electrons. The molecule has 0 aliphatic carbocycles. The van der Waals surface area contributed by atoms with Crippen molar-refractivity contribution in [2.24, 2.45) is 4.99 Å². The third kappa shape index (κ3) is 4.50. The van der Waals surface area contributed by atoms with Gasteiger partial charge in [-0.1, -0.05) is 30.0 Å². The minimum atomic E-state index is 0.259. The molecule has 2 aromatic rings. The van der Waals surface area contributed by atoms with Gasteiger partial charge < -0.3 is 4.90 Å². The molecule has 0 N–H and O–H groups in total. The van der Waals surface area contributed by atoms with Crippen LogP contribution in [-0.4, -0.2) is 79.2 Å². The predicted octanol–water partition coefficient (Wildman–Crippen LogP) is 2.09. The highest BCUT2D eigenvalue weighted by Crippen LogP contribution is 2.33. The molecule has 0 saturated carbocycles. The van der Waals surface area contributed by atoms with Crippen LogP contribution in [0, 0.1) is 0 Å². The number of para-hydroxylation sites is 1. The predicted molar refractivity (Wildman–Crippen MR) is 109 cm³/mol. The maximum atomic E-state index is 4.73. The van der Waals surface area contributed by atoms with Crippen LogP contribution in [-0.2, 0) is 6.42 Å². The topological polar surface area (TPSA) is 62.4 Å². The highest BCUT2D eigenvalue weighted by molar-refractivity contribution is 8.15. The third-order valence-corrected chi connectivity index (χ3v) is 6.27. The van der Waals surface area contributed by atoms with Crippen molar-refractivity contribution in [2.45, 2.75) is 31.4 Å². The number of rotatable bonds is 5. The number of aryl methyl sites for hydroxylation is 1. The highest BCUT2D eigenvalue weighted by Gasteiger charge is 2.31. The smallest absolute Gasteiger partial charge is 0.159 e. The Morgan fingerprint density at radius 3 is 2.56 bits per heavy atom. The first kappa shape index (κ1) is 18.4. The van der Waals surface area contributed by atoms with E-state index >= 15 is 0 Å². The molecule has 3 heterocycles. The summed E-state index contributed by atoms with van der Waals surface area (Å²) in [7, 11) is 0. The van der Waals surface area contributed by atoms with E-state index in [0.717, 1.165) is 63.6 Å². The maximum Gasteiger partial charge on any atom is 0.159 e. The Bertz CT molecular complexity index is 778. The van der Waals surface area contributed by atoms with E-state index in [1.165, 1.54) is 5.17 Å². The van der Waals surface area contributed by atoms with Crippen LogP contribution in [0.1, 0.15) is 26.1 Å². The molecule has 27 heavy (non-hydrogen) atoms. The fraction of sp³-hybridized carbons (Fsp3) is 0.579. The summed E-state index contributed by atoms with van der Waals surface area (Å²) in [5.74, 6) is 0.929. The normalized spacial score (nSPS) is 20.1. The van der Waals surface area contributed by atoms with Crippen LogP contribution in [0.4, 0.5) is 0 Å². The van der Waals surface area contributed by atoms with E-state index in [4.69, 9.17) is 4.99 Å². The second-order valence-corrected chi connectivity index (χ2v) is 9.41. The van der Waals surface area contributed by atoms with Crippen LogP contribution in [0.15, 0.2) is 35.3 Å². The second-order valence-electron chi connectivity index (χ2n) is 7.74. The zero-order chi connectivity index (χ0) is 18.7. The first-order valence-electron chi connectivity index (χ1n) is 9.64. The van der Waals surface area contributed by atoms with Crippen LogP contribution >= 0.6 is 11.8 Å². The number of nitrogens with zero attached hydrogens (tertiary/aromatic N) is 7. The number of aliphatic imine (C=N–C) groups is 1. The number of hydrogen-bond donors (Lipinski definition) is 0. The van der Waals surface area contributed by atoms with Crippen LogP contribution in [0.25, 0.3) is 5.69 Å². The van der Waals surface area contributed by atoms with Crippen LogP contribution in [0.3, 0.4) is 0 Å². The van der Waals surface area contributed by atoms with Gasteiger partial charge in [-0.25, -0.2) is 0 Å². The average Bonchev–Trinajstić information content (AvgIpc) is 3.29. The molecule has 0 amide bonds. The molecule has 2 aliphatic heterocycles. The Hall–Kier alpha value is -1.93. The van der Waals surface area contributed by atoms with Gasteiger partial charge in [0.2, 0.25) is 0 Å². The van der Waals surface area contributed by atoms with Crippen molar-refractivity contribution >= 4 is 16.9 Å². The monoisotopic (exact) mass is 385 g/mol. The molecule has 0 bridgehead atoms. The van der Waals surface area contributed by atoms with Crippen LogP contribution in [0.2, 0.25) is 0 Å². The van der Waals surface area contributed by atoms with Crippen molar-refractivity contribution in [3.8, 4) is 5.69 Å². The van der Waals surface area contributed by atoms with Gasteiger partial charge in [0.25, 0.3) is 0 Å². The maximum absolute atomic E-state index is 4.73. The first-order chi connectivity index (χ1) is 13.1. The summed E-state index contributed by atoms with van der Waals surface area (Å²) in [6.45, 7) is 10.9. The zero-order valence-corrected chi connectivity index (χ0v) is 16.9. The van der Waals surface area contributed by atoms with E-state index in [9.17, 15) is 0 Å². The Labute approximate surface area is 164 Å². The van der Waals surface area contributed by atoms with Gasteiger partial charge in [0.05, 0.1) is 12.2 Å². The molecule has 7 nitrogen and oxygen atoms in total. The number of piperazine rings is 1. The molecule has 2 aliphatic rings. The lowest BCUT2D eigenvalue weighted by molar-refractivity contribution is 0.182. The Kier molecular flexibility index (Phi) is 5.45. The summed E-state index contributed by atoms with van der Waals surface area (Å²) in [5.41, 5.74) is 1.02. The zero-order valence-electron chi connectivity index (χ0n) is 16.1. The summed E-state index contributed by atoms with van der Waals surface area (Å²) < 4.78 is 2.10. The molecule has 0 spiro atoms. The van der Waals surface area contributed by atoms with Crippen molar-refractivity contribution in [1.82, 2.24) is 30.0 Å². The van der Waals surface area contributed by atoms with Gasteiger partial charge in [-0.05, 0) is 49.4 Å². The van der Waals surface area contributed by atoms with E-state index in [0.29, 0.717) is 0 Å². The minimum absolute atomic E-state index is 0.259.